The van der Waals surface area contributed by atoms with Gasteiger partial charge in [-0.25, -0.2) is 14.5 Å². The van der Waals surface area contributed by atoms with Crippen LogP contribution in [-0.2, 0) is 4.74 Å². The number of hydrogen-bond donors (Lipinski definition) is 3. The molecule has 6 rings (SSSR count). The second-order valence-corrected chi connectivity index (χ2v) is 9.86. The molecule has 1 aliphatic heterocycles. The Balaban J connectivity index is 1.20. The fraction of sp³-hybridized carbons (Fsp3) is 0.520. The summed E-state index contributed by atoms with van der Waals surface area (Å²) < 4.78 is 20.6. The summed E-state index contributed by atoms with van der Waals surface area (Å²) >= 11 is 0. The van der Waals surface area contributed by atoms with Crippen molar-refractivity contribution in [3.8, 4) is 0 Å². The Labute approximate surface area is 208 Å². The quantitative estimate of drug-likeness (QED) is 0.430. The molecule has 0 aromatic carbocycles. The number of amides is 1. The molecule has 1 saturated heterocycles. The zero-order valence-electron chi connectivity index (χ0n) is 20.1. The minimum atomic E-state index is -0.658. The van der Waals surface area contributed by atoms with E-state index in [9.17, 15) is 9.18 Å². The standard InChI is InChI=1S/C25H31FN8O2/c26-22-13-18(7-8-27-22)31-25(35)21-15-28-24-20(29-16-1-2-16)14-23(32-34(21)24)30-17-3-5-19(6-4-17)33-9-11-36-12-10-33/h7-8,13-17,19,29H,1-6,9-12H2,(H,30,32)(H,27,31,35)/t17-,19-. The number of hydrogen-bond acceptors (Lipinski definition) is 8. The molecule has 3 fully saturated rings. The first kappa shape index (κ1) is 23.1. The lowest BCUT2D eigenvalue weighted by Crippen LogP contribution is -2.46. The van der Waals surface area contributed by atoms with E-state index in [1.165, 1.54) is 24.5 Å². The second-order valence-electron chi connectivity index (χ2n) is 9.86. The van der Waals surface area contributed by atoms with Gasteiger partial charge in [-0.05, 0) is 44.6 Å². The molecule has 3 N–H and O–H groups in total. The molecule has 3 aromatic rings. The van der Waals surface area contributed by atoms with E-state index in [4.69, 9.17) is 9.84 Å². The normalized spacial score (nSPS) is 22.9. The fourth-order valence-corrected chi connectivity index (χ4v) is 5.16. The molecule has 2 saturated carbocycles. The van der Waals surface area contributed by atoms with Gasteiger partial charge in [-0.1, -0.05) is 0 Å². The largest absolute Gasteiger partial charge is 0.379 e. The summed E-state index contributed by atoms with van der Waals surface area (Å²) in [5.74, 6) is -0.363. The van der Waals surface area contributed by atoms with Crippen molar-refractivity contribution in [2.24, 2.45) is 0 Å². The van der Waals surface area contributed by atoms with Crippen molar-refractivity contribution >= 4 is 28.7 Å². The number of rotatable bonds is 7. The fourth-order valence-electron chi connectivity index (χ4n) is 5.16. The zero-order chi connectivity index (χ0) is 24.5. The Morgan fingerprint density at radius 1 is 1.00 bits per heavy atom. The van der Waals surface area contributed by atoms with Crippen LogP contribution in [0.5, 0.6) is 0 Å². The summed E-state index contributed by atoms with van der Waals surface area (Å²) in [7, 11) is 0. The third-order valence-corrected chi connectivity index (χ3v) is 7.23. The molecule has 2 aliphatic carbocycles. The van der Waals surface area contributed by atoms with Gasteiger partial charge in [0.2, 0.25) is 5.95 Å². The van der Waals surface area contributed by atoms with E-state index in [0.717, 1.165) is 70.5 Å². The predicted octanol–water partition coefficient (Wildman–Crippen LogP) is 3.15. The maximum Gasteiger partial charge on any atom is 0.276 e. The average molecular weight is 495 g/mol. The van der Waals surface area contributed by atoms with Crippen molar-refractivity contribution in [1.29, 1.82) is 0 Å². The number of fused-ring (bicyclic) bond motifs is 1. The van der Waals surface area contributed by atoms with Crippen LogP contribution in [0.1, 0.15) is 49.0 Å². The lowest BCUT2D eigenvalue weighted by atomic mass is 9.90. The number of imidazole rings is 1. The summed E-state index contributed by atoms with van der Waals surface area (Å²) in [4.78, 5) is 23.6. The minimum absolute atomic E-state index is 0.278. The van der Waals surface area contributed by atoms with Gasteiger partial charge in [0.1, 0.15) is 5.82 Å². The Morgan fingerprint density at radius 2 is 1.75 bits per heavy atom. The van der Waals surface area contributed by atoms with Crippen LogP contribution in [0.4, 0.5) is 21.6 Å². The lowest BCUT2D eigenvalue weighted by Gasteiger charge is -2.39. The highest BCUT2D eigenvalue weighted by atomic mass is 19.1. The van der Waals surface area contributed by atoms with E-state index in [1.807, 2.05) is 6.07 Å². The number of nitrogens with zero attached hydrogens (tertiary/aromatic N) is 5. The first-order valence-corrected chi connectivity index (χ1v) is 12.8. The van der Waals surface area contributed by atoms with Gasteiger partial charge >= 0.3 is 0 Å². The van der Waals surface area contributed by atoms with E-state index < -0.39 is 11.9 Å². The third-order valence-electron chi connectivity index (χ3n) is 7.23. The highest BCUT2D eigenvalue weighted by Gasteiger charge is 2.28. The summed E-state index contributed by atoms with van der Waals surface area (Å²) in [6, 6.07) is 6.07. The number of pyridine rings is 1. The number of halogens is 1. The van der Waals surface area contributed by atoms with Crippen molar-refractivity contribution < 1.29 is 13.9 Å². The molecule has 0 bridgehead atoms. The number of anilines is 3. The molecule has 0 atom stereocenters. The number of morpholine rings is 1. The van der Waals surface area contributed by atoms with Crippen molar-refractivity contribution in [2.45, 2.75) is 56.7 Å². The van der Waals surface area contributed by atoms with Crippen LogP contribution in [0.15, 0.2) is 30.6 Å². The first-order valence-electron chi connectivity index (χ1n) is 12.8. The second kappa shape index (κ2) is 9.98. The van der Waals surface area contributed by atoms with Crippen molar-refractivity contribution in [3.05, 3.63) is 42.2 Å². The Hall–Kier alpha value is -3.31. The van der Waals surface area contributed by atoms with Crippen LogP contribution in [0.25, 0.3) is 5.65 Å². The molecule has 36 heavy (non-hydrogen) atoms. The Kier molecular flexibility index (Phi) is 6.41. The van der Waals surface area contributed by atoms with Gasteiger partial charge < -0.3 is 20.7 Å². The molecule has 0 spiro atoms. The van der Waals surface area contributed by atoms with Crippen LogP contribution < -0.4 is 16.0 Å². The molecule has 4 heterocycles. The summed E-state index contributed by atoms with van der Waals surface area (Å²) in [6.07, 6.45) is 9.48. The zero-order valence-corrected chi connectivity index (χ0v) is 20.1. The highest BCUT2D eigenvalue weighted by molar-refractivity contribution is 6.03. The van der Waals surface area contributed by atoms with Crippen LogP contribution >= 0.6 is 0 Å². The number of aromatic nitrogens is 4. The monoisotopic (exact) mass is 494 g/mol. The van der Waals surface area contributed by atoms with Gasteiger partial charge in [0.05, 0.1) is 25.1 Å². The molecule has 3 aliphatic rings. The molecule has 3 aromatic heterocycles. The molecule has 190 valence electrons. The van der Waals surface area contributed by atoms with E-state index in [2.05, 4.69) is 30.8 Å². The maximum absolute atomic E-state index is 13.5. The molecule has 1 amide bonds. The predicted molar refractivity (Wildman–Crippen MR) is 134 cm³/mol. The van der Waals surface area contributed by atoms with Gasteiger partial charge in [0.15, 0.2) is 11.3 Å². The first-order chi connectivity index (χ1) is 17.6. The summed E-state index contributed by atoms with van der Waals surface area (Å²) in [5.41, 5.74) is 2.05. The summed E-state index contributed by atoms with van der Waals surface area (Å²) in [5, 5.41) is 14.6. The van der Waals surface area contributed by atoms with Gasteiger partial charge in [-0.15, -0.1) is 5.10 Å². The Bertz CT molecular complexity index is 1230. The molecular weight excluding hydrogens is 463 g/mol. The molecule has 11 heteroatoms. The van der Waals surface area contributed by atoms with Crippen molar-refractivity contribution in [1.82, 2.24) is 24.5 Å². The average Bonchev–Trinajstić information content (AvgIpc) is 3.60. The van der Waals surface area contributed by atoms with E-state index in [1.54, 1.807) is 4.52 Å². The SMILES string of the molecule is O=C(Nc1ccnc(F)c1)c1cnc2c(NC3CC3)cc(N[C@H]3CC[C@H](N4CCOCC4)CC3)nn12. The topological polar surface area (TPSA) is 109 Å². The van der Waals surface area contributed by atoms with E-state index >= 15 is 0 Å². The number of carbonyl (C=O) groups is 1. The Morgan fingerprint density at radius 3 is 2.50 bits per heavy atom. The van der Waals surface area contributed by atoms with Crippen LogP contribution in [0, 0.1) is 5.95 Å². The number of nitrogens with one attached hydrogen (secondary N) is 3. The van der Waals surface area contributed by atoms with Crippen molar-refractivity contribution in [2.75, 3.05) is 42.3 Å². The molecule has 0 radical (unpaired) electrons. The van der Waals surface area contributed by atoms with Crippen LogP contribution in [-0.4, -0.2) is 74.8 Å². The van der Waals surface area contributed by atoms with E-state index in [-0.39, 0.29) is 5.69 Å². The smallest absolute Gasteiger partial charge is 0.276 e. The molecule has 10 nitrogen and oxygen atoms in total. The summed E-state index contributed by atoms with van der Waals surface area (Å²) in [6.45, 7) is 3.70. The van der Waals surface area contributed by atoms with Gasteiger partial charge in [-0.3, -0.25) is 9.69 Å². The molecular formula is C25H31FN8O2. The maximum atomic E-state index is 13.5. The van der Waals surface area contributed by atoms with Gasteiger partial charge in [-0.2, -0.15) is 4.39 Å². The number of carbonyl (C=O) groups excluding carboxylic acids is 1. The van der Waals surface area contributed by atoms with E-state index in [0.29, 0.717) is 35.3 Å². The van der Waals surface area contributed by atoms with Gasteiger partial charge in [0.25, 0.3) is 5.91 Å². The van der Waals surface area contributed by atoms with Crippen LogP contribution in [0.2, 0.25) is 0 Å². The third kappa shape index (κ3) is 5.12. The number of ether oxygens (including phenoxy) is 1. The van der Waals surface area contributed by atoms with Crippen molar-refractivity contribution in [3.63, 3.8) is 0 Å². The molecule has 0 unspecified atom stereocenters. The van der Waals surface area contributed by atoms with Gasteiger partial charge in [0, 0.05) is 55.2 Å². The van der Waals surface area contributed by atoms with Crippen LogP contribution in [0.3, 0.4) is 0 Å². The lowest BCUT2D eigenvalue weighted by molar-refractivity contribution is 0.00790. The minimum Gasteiger partial charge on any atom is -0.379 e. The highest BCUT2D eigenvalue weighted by Crippen LogP contribution is 2.30.